The van der Waals surface area contributed by atoms with E-state index in [1.807, 2.05) is 24.4 Å². The third kappa shape index (κ3) is 2.63. The van der Waals surface area contributed by atoms with E-state index in [1.165, 1.54) is 4.88 Å². The molecule has 0 bridgehead atoms. The molecule has 0 spiro atoms. The van der Waals surface area contributed by atoms with E-state index in [-0.39, 0.29) is 0 Å². The monoisotopic (exact) mass is 264 g/mol. The fraction of sp³-hybridized carbons (Fsp3) is 0.308. The Bertz CT molecular complexity index is 525. The summed E-state index contributed by atoms with van der Waals surface area (Å²) in [6, 6.07) is 5.80. The molecule has 0 saturated carbocycles. The zero-order chi connectivity index (χ0) is 13.0. The van der Waals surface area contributed by atoms with Crippen molar-refractivity contribution in [3.63, 3.8) is 0 Å². The molecule has 0 aliphatic carbocycles. The van der Waals surface area contributed by atoms with Gasteiger partial charge in [0.25, 0.3) is 0 Å². The summed E-state index contributed by atoms with van der Waals surface area (Å²) in [6.07, 6.45) is 2.74. The Labute approximate surface area is 110 Å². The van der Waals surface area contributed by atoms with Gasteiger partial charge in [0.2, 0.25) is 0 Å². The molecule has 5 heteroatoms. The highest BCUT2D eigenvalue weighted by molar-refractivity contribution is 7.15. The largest absolute Gasteiger partial charge is 0.493 e. The maximum atomic E-state index is 5.53. The fourth-order valence-corrected chi connectivity index (χ4v) is 2.59. The van der Waals surface area contributed by atoms with Crippen LogP contribution in [0, 0.1) is 0 Å². The summed E-state index contributed by atoms with van der Waals surface area (Å²) in [6.45, 7) is 0.646. The smallest absolute Gasteiger partial charge is 0.161 e. The number of nitrogens with two attached hydrogens (primary N) is 1. The molecule has 0 saturated heterocycles. The lowest BCUT2D eigenvalue weighted by Crippen LogP contribution is -2.00. The Morgan fingerprint density at radius 2 is 2.00 bits per heavy atom. The van der Waals surface area contributed by atoms with Gasteiger partial charge in [0.05, 0.1) is 14.2 Å². The Kier molecular flexibility index (Phi) is 4.17. The van der Waals surface area contributed by atoms with Gasteiger partial charge in [-0.05, 0) is 31.2 Å². The van der Waals surface area contributed by atoms with Gasteiger partial charge in [-0.2, -0.15) is 0 Å². The zero-order valence-electron chi connectivity index (χ0n) is 10.5. The van der Waals surface area contributed by atoms with Crippen molar-refractivity contribution in [2.75, 3.05) is 20.8 Å². The Morgan fingerprint density at radius 1 is 1.22 bits per heavy atom. The highest BCUT2D eigenvalue weighted by Gasteiger charge is 2.09. The zero-order valence-corrected chi connectivity index (χ0v) is 11.3. The van der Waals surface area contributed by atoms with Crippen molar-refractivity contribution in [3.8, 4) is 22.1 Å². The molecule has 0 fully saturated rings. The Hall–Kier alpha value is -1.59. The molecule has 4 nitrogen and oxygen atoms in total. The van der Waals surface area contributed by atoms with Crippen LogP contribution in [0.1, 0.15) is 4.88 Å². The molecule has 2 rings (SSSR count). The normalized spacial score (nSPS) is 10.4. The fourth-order valence-electron chi connectivity index (χ4n) is 1.67. The lowest BCUT2D eigenvalue weighted by Gasteiger charge is -2.08. The van der Waals surface area contributed by atoms with E-state index < -0.39 is 0 Å². The van der Waals surface area contributed by atoms with Gasteiger partial charge in [-0.25, -0.2) is 4.98 Å². The number of rotatable bonds is 5. The summed E-state index contributed by atoms with van der Waals surface area (Å²) < 4.78 is 10.5. The van der Waals surface area contributed by atoms with Gasteiger partial charge in [0, 0.05) is 16.6 Å². The first-order valence-electron chi connectivity index (χ1n) is 5.65. The van der Waals surface area contributed by atoms with E-state index >= 15 is 0 Å². The van der Waals surface area contributed by atoms with Gasteiger partial charge in [0.15, 0.2) is 11.5 Å². The van der Waals surface area contributed by atoms with Crippen molar-refractivity contribution >= 4 is 11.3 Å². The van der Waals surface area contributed by atoms with E-state index in [0.717, 1.165) is 22.7 Å². The second-order valence-corrected chi connectivity index (χ2v) is 4.86. The summed E-state index contributed by atoms with van der Waals surface area (Å²) in [5.74, 6) is 1.44. The van der Waals surface area contributed by atoms with Gasteiger partial charge in [-0.1, -0.05) is 0 Å². The topological polar surface area (TPSA) is 57.4 Å². The molecule has 0 aliphatic heterocycles. The molecule has 1 aromatic heterocycles. The van der Waals surface area contributed by atoms with E-state index in [9.17, 15) is 0 Å². The predicted octanol–water partition coefficient (Wildman–Crippen LogP) is 2.33. The van der Waals surface area contributed by atoms with Gasteiger partial charge >= 0.3 is 0 Å². The lowest BCUT2D eigenvalue weighted by atomic mass is 10.2. The SMILES string of the molecule is COc1ccc(-c2ncc(CCN)s2)cc1OC. The number of methoxy groups -OCH3 is 2. The number of nitrogens with zero attached hydrogens (tertiary/aromatic N) is 1. The molecule has 1 aromatic carbocycles. The molecule has 96 valence electrons. The average molecular weight is 264 g/mol. The number of hydrogen-bond acceptors (Lipinski definition) is 5. The van der Waals surface area contributed by atoms with Crippen LogP contribution in [0.2, 0.25) is 0 Å². The second kappa shape index (κ2) is 5.84. The summed E-state index contributed by atoms with van der Waals surface area (Å²) in [5, 5.41) is 0.972. The van der Waals surface area contributed by atoms with Gasteiger partial charge in [-0.3, -0.25) is 0 Å². The summed E-state index contributed by atoms with van der Waals surface area (Å²) in [7, 11) is 3.25. The molecule has 2 aromatic rings. The molecule has 2 N–H and O–H groups in total. The van der Waals surface area contributed by atoms with Crippen LogP contribution in [-0.4, -0.2) is 25.7 Å². The molecule has 0 atom stereocenters. The summed E-state index contributed by atoms with van der Waals surface area (Å²) in [5.41, 5.74) is 6.56. The van der Waals surface area contributed by atoms with Gasteiger partial charge in [-0.15, -0.1) is 11.3 Å². The molecule has 0 amide bonds. The molecule has 1 heterocycles. The molecule has 0 aliphatic rings. The average Bonchev–Trinajstić information content (AvgIpc) is 2.87. The van der Waals surface area contributed by atoms with E-state index in [2.05, 4.69) is 4.98 Å². The van der Waals surface area contributed by atoms with E-state index in [4.69, 9.17) is 15.2 Å². The van der Waals surface area contributed by atoms with Crippen LogP contribution in [-0.2, 0) is 6.42 Å². The third-order valence-electron chi connectivity index (χ3n) is 2.57. The molecule has 0 radical (unpaired) electrons. The van der Waals surface area contributed by atoms with Crippen molar-refractivity contribution in [1.29, 1.82) is 0 Å². The second-order valence-electron chi connectivity index (χ2n) is 3.74. The molecule has 0 unspecified atom stereocenters. The Morgan fingerprint density at radius 3 is 2.67 bits per heavy atom. The third-order valence-corrected chi connectivity index (χ3v) is 3.68. The highest BCUT2D eigenvalue weighted by Crippen LogP contribution is 2.33. The number of ether oxygens (including phenoxy) is 2. The first kappa shape index (κ1) is 12.9. The maximum absolute atomic E-state index is 5.53. The van der Waals surface area contributed by atoms with Crippen LogP contribution in [0.4, 0.5) is 0 Å². The first-order chi connectivity index (χ1) is 8.78. The molecule has 18 heavy (non-hydrogen) atoms. The van der Waals surface area contributed by atoms with Crippen LogP contribution in [0.5, 0.6) is 11.5 Å². The minimum Gasteiger partial charge on any atom is -0.493 e. The van der Waals surface area contributed by atoms with Crippen LogP contribution < -0.4 is 15.2 Å². The summed E-state index contributed by atoms with van der Waals surface area (Å²) >= 11 is 1.66. The number of hydrogen-bond donors (Lipinski definition) is 1. The number of thiazole rings is 1. The van der Waals surface area contributed by atoms with Crippen LogP contribution in [0.25, 0.3) is 10.6 Å². The molecular formula is C13H16N2O2S. The van der Waals surface area contributed by atoms with Crippen molar-refractivity contribution in [2.45, 2.75) is 6.42 Å². The summed E-state index contributed by atoms with van der Waals surface area (Å²) in [4.78, 5) is 5.60. The van der Waals surface area contributed by atoms with Crippen molar-refractivity contribution < 1.29 is 9.47 Å². The van der Waals surface area contributed by atoms with Crippen LogP contribution >= 0.6 is 11.3 Å². The first-order valence-corrected chi connectivity index (χ1v) is 6.47. The van der Waals surface area contributed by atoms with Crippen LogP contribution in [0.3, 0.4) is 0 Å². The molecular weight excluding hydrogens is 248 g/mol. The maximum Gasteiger partial charge on any atom is 0.161 e. The van der Waals surface area contributed by atoms with E-state index in [1.54, 1.807) is 25.6 Å². The van der Waals surface area contributed by atoms with Gasteiger partial charge in [0.1, 0.15) is 5.01 Å². The minimum absolute atomic E-state index is 0.646. The number of aromatic nitrogens is 1. The van der Waals surface area contributed by atoms with Gasteiger partial charge < -0.3 is 15.2 Å². The number of benzene rings is 1. The quantitative estimate of drug-likeness (QED) is 0.900. The standard InChI is InChI=1S/C13H16N2O2S/c1-16-11-4-3-9(7-12(11)17-2)13-15-8-10(18-13)5-6-14/h3-4,7-8H,5-6,14H2,1-2H3. The van der Waals surface area contributed by atoms with Crippen molar-refractivity contribution in [1.82, 2.24) is 4.98 Å². The van der Waals surface area contributed by atoms with Crippen molar-refractivity contribution in [3.05, 3.63) is 29.3 Å². The minimum atomic E-state index is 0.646. The van der Waals surface area contributed by atoms with E-state index in [0.29, 0.717) is 12.3 Å². The lowest BCUT2D eigenvalue weighted by molar-refractivity contribution is 0.355. The Balaban J connectivity index is 2.31. The van der Waals surface area contributed by atoms with Crippen molar-refractivity contribution in [2.24, 2.45) is 5.73 Å². The highest BCUT2D eigenvalue weighted by atomic mass is 32.1. The van der Waals surface area contributed by atoms with Crippen LogP contribution in [0.15, 0.2) is 24.4 Å². The predicted molar refractivity (Wildman–Crippen MR) is 73.4 cm³/mol.